The van der Waals surface area contributed by atoms with Crippen molar-refractivity contribution >= 4 is 56.3 Å². The summed E-state index contributed by atoms with van der Waals surface area (Å²) in [5.41, 5.74) is 0.843. The zero-order chi connectivity index (χ0) is 18.7. The number of rotatable bonds is 5. The molecule has 0 aliphatic rings. The van der Waals surface area contributed by atoms with Gasteiger partial charge in [-0.15, -0.1) is 11.3 Å². The quantitative estimate of drug-likeness (QED) is 0.633. The van der Waals surface area contributed by atoms with E-state index in [9.17, 15) is 13.2 Å². The molecule has 0 unspecified atom stereocenters. The lowest BCUT2D eigenvalue weighted by Crippen LogP contribution is -2.12. The van der Waals surface area contributed by atoms with Gasteiger partial charge in [0.1, 0.15) is 4.21 Å². The van der Waals surface area contributed by atoms with Crippen molar-refractivity contribution in [3.05, 3.63) is 70.6 Å². The van der Waals surface area contributed by atoms with Crippen LogP contribution in [0.2, 0.25) is 5.02 Å². The molecule has 0 saturated carbocycles. The topological polar surface area (TPSA) is 89.3 Å². The second-order valence-electron chi connectivity index (χ2n) is 5.21. The van der Waals surface area contributed by atoms with Crippen LogP contribution in [-0.4, -0.2) is 14.3 Å². The molecule has 0 atom stereocenters. The Kier molecular flexibility index (Phi) is 5.69. The van der Waals surface area contributed by atoms with Crippen molar-refractivity contribution in [2.75, 3.05) is 5.32 Å². The minimum absolute atomic E-state index is 0.0471. The van der Waals surface area contributed by atoms with E-state index in [0.29, 0.717) is 10.7 Å². The maximum absolute atomic E-state index is 12.2. The van der Waals surface area contributed by atoms with Gasteiger partial charge in [-0.1, -0.05) is 35.5 Å². The first-order chi connectivity index (χ1) is 12.3. The average molecular weight is 425 g/mol. The zero-order valence-electron chi connectivity index (χ0n) is 13.2. The minimum atomic E-state index is -3.80. The summed E-state index contributed by atoms with van der Waals surface area (Å²) in [6.45, 7) is 0. The van der Waals surface area contributed by atoms with Crippen LogP contribution in [0.25, 0.3) is 0 Å². The number of benzene rings is 2. The fourth-order valence-electron chi connectivity index (χ4n) is 2.05. The predicted molar refractivity (Wildman–Crippen MR) is 106 cm³/mol. The number of carbonyl (C=O) groups is 1. The first-order valence-corrected chi connectivity index (χ1v) is 10.9. The number of anilines is 1. The van der Waals surface area contributed by atoms with Crippen LogP contribution in [0.5, 0.6) is 0 Å². The molecule has 0 radical (unpaired) electrons. The number of halogens is 1. The number of nitrogens with one attached hydrogen (secondary N) is 1. The van der Waals surface area contributed by atoms with Gasteiger partial charge in [0.2, 0.25) is 10.0 Å². The molecule has 9 heteroatoms. The van der Waals surface area contributed by atoms with Crippen LogP contribution in [0.3, 0.4) is 0 Å². The van der Waals surface area contributed by atoms with Gasteiger partial charge in [-0.2, -0.15) is 0 Å². The van der Waals surface area contributed by atoms with Crippen molar-refractivity contribution in [2.24, 2.45) is 5.14 Å². The molecule has 134 valence electrons. The lowest BCUT2D eigenvalue weighted by atomic mass is 10.3. The number of nitrogens with two attached hydrogens (primary N) is 1. The van der Waals surface area contributed by atoms with E-state index in [2.05, 4.69) is 5.32 Å². The van der Waals surface area contributed by atoms with Gasteiger partial charge in [0.05, 0.1) is 10.6 Å². The van der Waals surface area contributed by atoms with Gasteiger partial charge in [-0.05, 0) is 42.5 Å². The molecule has 0 spiro atoms. The molecule has 0 aliphatic heterocycles. The van der Waals surface area contributed by atoms with Crippen molar-refractivity contribution in [3.63, 3.8) is 0 Å². The van der Waals surface area contributed by atoms with E-state index in [0.717, 1.165) is 21.1 Å². The number of hydrogen-bond acceptors (Lipinski definition) is 5. The van der Waals surface area contributed by atoms with Crippen LogP contribution in [0.15, 0.2) is 74.0 Å². The highest BCUT2D eigenvalue weighted by atomic mass is 35.5. The molecule has 1 amide bonds. The van der Waals surface area contributed by atoms with E-state index < -0.39 is 15.9 Å². The van der Waals surface area contributed by atoms with E-state index in [4.69, 9.17) is 16.7 Å². The molecular formula is C17H13ClN2O3S3. The normalized spacial score (nSPS) is 11.3. The number of carbonyl (C=O) groups excluding carboxylic acids is 1. The van der Waals surface area contributed by atoms with Crippen LogP contribution >= 0.6 is 34.7 Å². The Hall–Kier alpha value is -1.84. The van der Waals surface area contributed by atoms with Crippen LogP contribution in [-0.2, 0) is 10.0 Å². The Bertz CT molecular complexity index is 1050. The molecule has 0 saturated heterocycles. The number of sulfonamides is 1. The van der Waals surface area contributed by atoms with E-state index >= 15 is 0 Å². The van der Waals surface area contributed by atoms with Gasteiger partial charge < -0.3 is 5.32 Å². The maximum Gasteiger partial charge on any atom is 0.256 e. The molecule has 0 bridgehead atoms. The number of amides is 1. The Labute approximate surface area is 164 Å². The molecule has 1 aromatic heterocycles. The molecule has 3 aromatic rings. The first-order valence-electron chi connectivity index (χ1n) is 7.28. The van der Waals surface area contributed by atoms with Crippen LogP contribution in [0.4, 0.5) is 5.69 Å². The summed E-state index contributed by atoms with van der Waals surface area (Å²) in [5.74, 6) is -0.400. The summed E-state index contributed by atoms with van der Waals surface area (Å²) in [4.78, 5) is 14.1. The van der Waals surface area contributed by atoms with Crippen molar-refractivity contribution in [2.45, 2.75) is 14.0 Å². The van der Waals surface area contributed by atoms with Gasteiger partial charge in [-0.3, -0.25) is 4.79 Å². The molecule has 5 nitrogen and oxygen atoms in total. The van der Waals surface area contributed by atoms with Gasteiger partial charge in [0, 0.05) is 20.9 Å². The summed E-state index contributed by atoms with van der Waals surface area (Å²) in [6, 6.07) is 16.1. The average Bonchev–Trinajstić information content (AvgIpc) is 3.09. The third kappa shape index (κ3) is 4.66. The fourth-order valence-corrected chi connectivity index (χ4v) is 4.72. The minimum Gasteiger partial charge on any atom is -0.322 e. The van der Waals surface area contributed by atoms with E-state index in [1.54, 1.807) is 12.1 Å². The summed E-state index contributed by atoms with van der Waals surface area (Å²) in [7, 11) is -3.80. The fraction of sp³-hybridized carbons (Fsp3) is 0. The largest absolute Gasteiger partial charge is 0.322 e. The Morgan fingerprint density at radius 2 is 1.81 bits per heavy atom. The smallest absolute Gasteiger partial charge is 0.256 e. The third-order valence-corrected chi connectivity index (χ3v) is 7.21. The monoisotopic (exact) mass is 424 g/mol. The highest BCUT2D eigenvalue weighted by Crippen LogP contribution is 2.33. The molecular weight excluding hydrogens is 412 g/mol. The standard InChI is InChI=1S/C17H13ClN2O3S3/c18-14-3-1-2-4-15(14)25-13-7-5-12(6-8-13)20-17(21)11-9-16(24-10-11)26(19,22)23/h1-10H,(H,20,21)(H2,19,22,23). The molecule has 0 fully saturated rings. The predicted octanol–water partition coefficient (Wildman–Crippen LogP) is 4.45. The second kappa shape index (κ2) is 7.81. The van der Waals surface area contributed by atoms with Gasteiger partial charge >= 0.3 is 0 Å². The summed E-state index contributed by atoms with van der Waals surface area (Å²) in [5, 5.41) is 9.91. The first kappa shape index (κ1) is 18.9. The lowest BCUT2D eigenvalue weighted by Gasteiger charge is -2.06. The Morgan fingerprint density at radius 3 is 2.42 bits per heavy atom. The van der Waals surface area contributed by atoms with Crippen molar-refractivity contribution in [1.82, 2.24) is 0 Å². The molecule has 0 aliphatic carbocycles. The van der Waals surface area contributed by atoms with Crippen molar-refractivity contribution in [3.8, 4) is 0 Å². The highest BCUT2D eigenvalue weighted by Gasteiger charge is 2.15. The molecule has 3 rings (SSSR count). The van der Waals surface area contributed by atoms with Gasteiger partial charge in [0.15, 0.2) is 0 Å². The summed E-state index contributed by atoms with van der Waals surface area (Å²) < 4.78 is 22.5. The molecule has 2 aromatic carbocycles. The van der Waals surface area contributed by atoms with Gasteiger partial charge in [0.25, 0.3) is 5.91 Å². The van der Waals surface area contributed by atoms with Crippen LogP contribution in [0, 0.1) is 0 Å². The maximum atomic E-state index is 12.2. The van der Waals surface area contributed by atoms with Crippen molar-refractivity contribution < 1.29 is 13.2 Å². The van der Waals surface area contributed by atoms with Crippen molar-refractivity contribution in [1.29, 1.82) is 0 Å². The SMILES string of the molecule is NS(=O)(=O)c1cc(C(=O)Nc2ccc(Sc3ccccc3Cl)cc2)cs1. The number of thiophene rings is 1. The Morgan fingerprint density at radius 1 is 1.12 bits per heavy atom. The zero-order valence-corrected chi connectivity index (χ0v) is 16.4. The van der Waals surface area contributed by atoms with Gasteiger partial charge in [-0.25, -0.2) is 13.6 Å². The van der Waals surface area contributed by atoms with E-state index in [1.807, 2.05) is 36.4 Å². The lowest BCUT2D eigenvalue weighted by molar-refractivity contribution is 0.102. The summed E-state index contributed by atoms with van der Waals surface area (Å²) >= 11 is 8.58. The van der Waals surface area contributed by atoms with Crippen LogP contribution < -0.4 is 10.5 Å². The molecule has 1 heterocycles. The number of primary sulfonamides is 1. The second-order valence-corrected chi connectivity index (χ2v) is 9.43. The van der Waals surface area contributed by atoms with E-state index in [1.165, 1.54) is 23.2 Å². The molecule has 26 heavy (non-hydrogen) atoms. The Balaban J connectivity index is 1.68. The van der Waals surface area contributed by atoms with Crippen LogP contribution in [0.1, 0.15) is 10.4 Å². The van der Waals surface area contributed by atoms with E-state index in [-0.39, 0.29) is 9.77 Å². The highest BCUT2D eigenvalue weighted by molar-refractivity contribution is 7.99. The summed E-state index contributed by atoms with van der Waals surface area (Å²) in [6.07, 6.45) is 0. The third-order valence-electron chi connectivity index (χ3n) is 3.29. The molecule has 3 N–H and O–H groups in total. The number of hydrogen-bond donors (Lipinski definition) is 2.